The molecule has 0 aliphatic heterocycles. The minimum Gasteiger partial charge on any atom is -0.494 e. The number of imidazole rings is 1. The Bertz CT molecular complexity index is 909. The van der Waals surface area contributed by atoms with Gasteiger partial charge in [0, 0.05) is 48.5 Å². The second kappa shape index (κ2) is 7.77. The van der Waals surface area contributed by atoms with E-state index in [2.05, 4.69) is 15.3 Å². The van der Waals surface area contributed by atoms with E-state index < -0.39 is 5.82 Å². The highest BCUT2D eigenvalue weighted by molar-refractivity contribution is 5.94. The Hall–Kier alpha value is -3.22. The largest absolute Gasteiger partial charge is 0.494 e. The SMILES string of the molecule is COc1ccc(C(=O)NCCn2c(C)cnc2-c2cccnc2)cc1F. The highest BCUT2D eigenvalue weighted by Gasteiger charge is 2.12. The number of amides is 1. The number of hydrogen-bond acceptors (Lipinski definition) is 4. The topological polar surface area (TPSA) is 69.0 Å². The van der Waals surface area contributed by atoms with Gasteiger partial charge in [0.05, 0.1) is 7.11 Å². The van der Waals surface area contributed by atoms with Crippen molar-refractivity contribution >= 4 is 5.91 Å². The number of hydrogen-bond donors (Lipinski definition) is 1. The Morgan fingerprint density at radius 2 is 2.15 bits per heavy atom. The van der Waals surface area contributed by atoms with Crippen molar-refractivity contribution < 1.29 is 13.9 Å². The number of carbonyl (C=O) groups excluding carboxylic acids is 1. The summed E-state index contributed by atoms with van der Waals surface area (Å²) >= 11 is 0. The van der Waals surface area contributed by atoms with Gasteiger partial charge in [0.15, 0.2) is 11.6 Å². The number of benzene rings is 1. The summed E-state index contributed by atoms with van der Waals surface area (Å²) in [5.41, 5.74) is 2.14. The van der Waals surface area contributed by atoms with E-state index in [0.717, 1.165) is 23.1 Å². The lowest BCUT2D eigenvalue weighted by atomic mass is 10.2. The predicted molar refractivity (Wildman–Crippen MR) is 95.5 cm³/mol. The van der Waals surface area contributed by atoms with Crippen LogP contribution in [0.5, 0.6) is 5.75 Å². The molecule has 3 aromatic rings. The van der Waals surface area contributed by atoms with Crippen LogP contribution in [0.1, 0.15) is 16.1 Å². The first-order chi connectivity index (χ1) is 12.6. The summed E-state index contributed by atoms with van der Waals surface area (Å²) in [6.45, 7) is 2.88. The molecule has 0 saturated carbocycles. The zero-order valence-corrected chi connectivity index (χ0v) is 14.6. The zero-order valence-electron chi connectivity index (χ0n) is 14.6. The summed E-state index contributed by atoms with van der Waals surface area (Å²) in [7, 11) is 1.38. The maximum atomic E-state index is 13.7. The number of rotatable bonds is 6. The van der Waals surface area contributed by atoms with Crippen LogP contribution >= 0.6 is 0 Å². The molecule has 1 amide bonds. The van der Waals surface area contributed by atoms with Gasteiger partial charge in [0.25, 0.3) is 5.91 Å². The average molecular weight is 354 g/mol. The molecule has 1 N–H and O–H groups in total. The first-order valence-corrected chi connectivity index (χ1v) is 8.14. The van der Waals surface area contributed by atoms with Gasteiger partial charge in [-0.1, -0.05) is 0 Å². The minimum absolute atomic E-state index is 0.108. The number of pyridine rings is 1. The summed E-state index contributed by atoms with van der Waals surface area (Å²) in [5.74, 6) is -0.00578. The van der Waals surface area contributed by atoms with Gasteiger partial charge in [-0.2, -0.15) is 0 Å². The van der Waals surface area contributed by atoms with Gasteiger partial charge in [-0.3, -0.25) is 9.78 Å². The first kappa shape index (κ1) is 17.6. The van der Waals surface area contributed by atoms with Crippen molar-refractivity contribution in [3.05, 3.63) is 66.0 Å². The van der Waals surface area contributed by atoms with Crippen LogP contribution in [0.4, 0.5) is 4.39 Å². The number of ether oxygens (including phenoxy) is 1. The van der Waals surface area contributed by atoms with Crippen molar-refractivity contribution in [2.45, 2.75) is 13.5 Å². The van der Waals surface area contributed by atoms with E-state index in [9.17, 15) is 9.18 Å². The van der Waals surface area contributed by atoms with E-state index in [-0.39, 0.29) is 17.2 Å². The van der Waals surface area contributed by atoms with Crippen LogP contribution in [0.2, 0.25) is 0 Å². The fourth-order valence-electron chi connectivity index (χ4n) is 2.66. The van der Waals surface area contributed by atoms with E-state index >= 15 is 0 Å². The normalized spacial score (nSPS) is 10.6. The van der Waals surface area contributed by atoms with Gasteiger partial charge >= 0.3 is 0 Å². The maximum Gasteiger partial charge on any atom is 0.251 e. The Balaban J connectivity index is 1.66. The van der Waals surface area contributed by atoms with Crippen LogP contribution < -0.4 is 10.1 Å². The first-order valence-electron chi connectivity index (χ1n) is 8.14. The average Bonchev–Trinajstić information content (AvgIpc) is 3.03. The molecule has 6 nitrogen and oxygen atoms in total. The highest BCUT2D eigenvalue weighted by Crippen LogP contribution is 2.19. The smallest absolute Gasteiger partial charge is 0.251 e. The molecule has 0 spiro atoms. The number of nitrogens with one attached hydrogen (secondary N) is 1. The van der Waals surface area contributed by atoms with Crippen molar-refractivity contribution in [3.63, 3.8) is 0 Å². The number of aromatic nitrogens is 3. The van der Waals surface area contributed by atoms with Gasteiger partial charge in [-0.25, -0.2) is 9.37 Å². The van der Waals surface area contributed by atoms with E-state index in [4.69, 9.17) is 4.74 Å². The number of aryl methyl sites for hydroxylation is 1. The Labute approximate surface area is 150 Å². The third kappa shape index (κ3) is 3.72. The molecule has 0 aliphatic rings. The Kier molecular flexibility index (Phi) is 5.26. The monoisotopic (exact) mass is 354 g/mol. The molecule has 2 aromatic heterocycles. The van der Waals surface area contributed by atoms with Gasteiger partial charge in [-0.15, -0.1) is 0 Å². The maximum absolute atomic E-state index is 13.7. The number of nitrogens with zero attached hydrogens (tertiary/aromatic N) is 3. The molecule has 0 unspecified atom stereocenters. The molecule has 0 bridgehead atoms. The minimum atomic E-state index is -0.565. The Morgan fingerprint density at radius 1 is 1.31 bits per heavy atom. The van der Waals surface area contributed by atoms with Crippen LogP contribution in [0.15, 0.2) is 48.9 Å². The third-order valence-corrected chi connectivity index (χ3v) is 4.01. The van der Waals surface area contributed by atoms with Crippen LogP contribution in [-0.2, 0) is 6.54 Å². The molecule has 7 heteroatoms. The van der Waals surface area contributed by atoms with E-state index in [0.29, 0.717) is 13.1 Å². The second-order valence-corrected chi connectivity index (χ2v) is 5.72. The lowest BCUT2D eigenvalue weighted by molar-refractivity contribution is 0.0951. The van der Waals surface area contributed by atoms with Crippen LogP contribution in [0, 0.1) is 12.7 Å². The molecule has 0 fully saturated rings. The predicted octanol–water partition coefficient (Wildman–Crippen LogP) is 2.83. The zero-order chi connectivity index (χ0) is 18.5. The van der Waals surface area contributed by atoms with Crippen molar-refractivity contribution in [1.82, 2.24) is 19.9 Å². The van der Waals surface area contributed by atoms with Gasteiger partial charge in [0.1, 0.15) is 5.82 Å². The van der Waals surface area contributed by atoms with E-state index in [1.54, 1.807) is 18.6 Å². The number of methoxy groups -OCH3 is 1. The third-order valence-electron chi connectivity index (χ3n) is 4.01. The molecule has 1 aromatic carbocycles. The molecule has 0 aliphatic carbocycles. The number of halogens is 1. The van der Waals surface area contributed by atoms with Crippen molar-refractivity contribution in [2.24, 2.45) is 0 Å². The summed E-state index contributed by atoms with van der Waals surface area (Å²) < 4.78 is 20.6. The summed E-state index contributed by atoms with van der Waals surface area (Å²) in [5, 5.41) is 2.80. The lowest BCUT2D eigenvalue weighted by Gasteiger charge is -2.11. The fraction of sp³-hybridized carbons (Fsp3) is 0.211. The Morgan fingerprint density at radius 3 is 2.85 bits per heavy atom. The highest BCUT2D eigenvalue weighted by atomic mass is 19.1. The molecular formula is C19H19FN4O2. The van der Waals surface area contributed by atoms with Gasteiger partial charge in [-0.05, 0) is 37.3 Å². The molecule has 0 radical (unpaired) electrons. The van der Waals surface area contributed by atoms with Crippen molar-refractivity contribution in [1.29, 1.82) is 0 Å². The number of carbonyl (C=O) groups is 1. The molecule has 0 saturated heterocycles. The molecule has 26 heavy (non-hydrogen) atoms. The van der Waals surface area contributed by atoms with Crippen LogP contribution in [0.3, 0.4) is 0 Å². The second-order valence-electron chi connectivity index (χ2n) is 5.72. The molecule has 0 atom stereocenters. The summed E-state index contributed by atoms with van der Waals surface area (Å²) in [4.78, 5) is 20.7. The van der Waals surface area contributed by atoms with E-state index in [1.165, 1.54) is 19.2 Å². The quantitative estimate of drug-likeness (QED) is 0.739. The van der Waals surface area contributed by atoms with Gasteiger partial charge in [0.2, 0.25) is 0 Å². The van der Waals surface area contributed by atoms with E-state index in [1.807, 2.05) is 23.6 Å². The van der Waals surface area contributed by atoms with Crippen molar-refractivity contribution in [3.8, 4) is 17.1 Å². The van der Waals surface area contributed by atoms with Crippen molar-refractivity contribution in [2.75, 3.05) is 13.7 Å². The van der Waals surface area contributed by atoms with Gasteiger partial charge < -0.3 is 14.6 Å². The molecule has 2 heterocycles. The molecule has 3 rings (SSSR count). The fourth-order valence-corrected chi connectivity index (χ4v) is 2.66. The van der Waals surface area contributed by atoms with Crippen LogP contribution in [-0.4, -0.2) is 34.1 Å². The standard InChI is InChI=1S/C19H19FN4O2/c1-13-11-23-18(15-4-3-7-21-12-15)24(13)9-8-22-19(25)14-5-6-17(26-2)16(20)10-14/h3-7,10-12H,8-9H2,1-2H3,(H,22,25). The lowest BCUT2D eigenvalue weighted by Crippen LogP contribution is -2.27. The molecular weight excluding hydrogens is 335 g/mol. The summed E-state index contributed by atoms with van der Waals surface area (Å²) in [6, 6.07) is 7.91. The van der Waals surface area contributed by atoms with Crippen LogP contribution in [0.25, 0.3) is 11.4 Å². The summed E-state index contributed by atoms with van der Waals surface area (Å²) in [6.07, 6.45) is 5.23. The molecule has 134 valence electrons.